The zero-order chi connectivity index (χ0) is 13.9. The summed E-state index contributed by atoms with van der Waals surface area (Å²) < 4.78 is 27.3. The van der Waals surface area contributed by atoms with Gasteiger partial charge >= 0.3 is 0 Å². The molecule has 0 bridgehead atoms. The van der Waals surface area contributed by atoms with Crippen molar-refractivity contribution >= 4 is 26.0 Å². The zero-order valence-corrected chi connectivity index (χ0v) is 13.3. The molecule has 0 fully saturated rings. The maximum absolute atomic E-state index is 12.5. The average molecular weight is 332 g/mol. The molecule has 100 valence electrons. The summed E-state index contributed by atoms with van der Waals surface area (Å²) in [5, 5.41) is 0. The van der Waals surface area contributed by atoms with E-state index in [1.54, 1.807) is 24.3 Å². The van der Waals surface area contributed by atoms with Gasteiger partial charge in [0, 0.05) is 17.1 Å². The second kappa shape index (κ2) is 5.99. The maximum Gasteiger partial charge on any atom is 0.243 e. The average Bonchev–Trinajstić information content (AvgIpc) is 2.28. The number of aryl methyl sites for hydroxylation is 1. The summed E-state index contributed by atoms with van der Waals surface area (Å²) in [6.07, 6.45) is 1.60. The smallest absolute Gasteiger partial charge is 0.207 e. The molecule has 0 unspecified atom stereocenters. The Morgan fingerprint density at radius 2 is 2.06 bits per heavy atom. The summed E-state index contributed by atoms with van der Waals surface area (Å²) in [7, 11) is -3.46. The lowest BCUT2D eigenvalue weighted by Crippen LogP contribution is -2.37. The zero-order valence-electron chi connectivity index (χ0n) is 10.9. The molecule has 0 N–H and O–H groups in total. The third-order valence-electron chi connectivity index (χ3n) is 2.62. The van der Waals surface area contributed by atoms with Crippen molar-refractivity contribution in [1.29, 1.82) is 0 Å². The van der Waals surface area contributed by atoms with Gasteiger partial charge in [-0.05, 0) is 44.5 Å². The van der Waals surface area contributed by atoms with E-state index in [0.717, 1.165) is 10.0 Å². The van der Waals surface area contributed by atoms with Crippen LogP contribution in [-0.4, -0.2) is 25.3 Å². The van der Waals surface area contributed by atoms with Crippen LogP contribution in [0.15, 0.2) is 40.2 Å². The van der Waals surface area contributed by atoms with Crippen LogP contribution in [0.2, 0.25) is 0 Å². The van der Waals surface area contributed by atoms with Crippen LogP contribution in [0, 0.1) is 6.92 Å². The molecule has 0 radical (unpaired) electrons. The lowest BCUT2D eigenvalue weighted by atomic mass is 10.2. The van der Waals surface area contributed by atoms with Crippen molar-refractivity contribution in [1.82, 2.24) is 4.31 Å². The number of sulfonamides is 1. The first-order chi connectivity index (χ1) is 8.30. The van der Waals surface area contributed by atoms with E-state index in [1.165, 1.54) is 4.31 Å². The minimum atomic E-state index is -3.46. The van der Waals surface area contributed by atoms with Gasteiger partial charge in [-0.1, -0.05) is 22.0 Å². The van der Waals surface area contributed by atoms with Gasteiger partial charge in [0.25, 0.3) is 0 Å². The SMILES string of the molecule is C=CCN(C(C)C)S(=O)(=O)c1ccc(Br)c(C)c1. The first-order valence-corrected chi connectivity index (χ1v) is 7.93. The fraction of sp³-hybridized carbons (Fsp3) is 0.385. The van der Waals surface area contributed by atoms with E-state index in [-0.39, 0.29) is 6.04 Å². The summed E-state index contributed by atoms with van der Waals surface area (Å²) in [6.45, 7) is 9.50. The molecule has 0 spiro atoms. The molecule has 18 heavy (non-hydrogen) atoms. The third-order valence-corrected chi connectivity index (χ3v) is 5.55. The van der Waals surface area contributed by atoms with Crippen LogP contribution in [0.25, 0.3) is 0 Å². The van der Waals surface area contributed by atoms with E-state index in [0.29, 0.717) is 11.4 Å². The Morgan fingerprint density at radius 3 is 2.50 bits per heavy atom. The van der Waals surface area contributed by atoms with E-state index in [2.05, 4.69) is 22.5 Å². The maximum atomic E-state index is 12.5. The van der Waals surface area contributed by atoms with Crippen LogP contribution in [0.1, 0.15) is 19.4 Å². The van der Waals surface area contributed by atoms with Crippen molar-refractivity contribution in [3.8, 4) is 0 Å². The molecule has 0 saturated carbocycles. The molecule has 0 aliphatic rings. The summed E-state index contributed by atoms with van der Waals surface area (Å²) in [6, 6.07) is 4.95. The first kappa shape index (κ1) is 15.4. The van der Waals surface area contributed by atoms with Crippen molar-refractivity contribution in [2.24, 2.45) is 0 Å². The van der Waals surface area contributed by atoms with E-state index >= 15 is 0 Å². The van der Waals surface area contributed by atoms with Crippen LogP contribution in [-0.2, 0) is 10.0 Å². The predicted molar refractivity (Wildman–Crippen MR) is 78.1 cm³/mol. The van der Waals surface area contributed by atoms with Gasteiger partial charge in [-0.3, -0.25) is 0 Å². The summed E-state index contributed by atoms with van der Waals surface area (Å²) in [5.74, 6) is 0. The van der Waals surface area contributed by atoms with Crippen LogP contribution < -0.4 is 0 Å². The number of benzene rings is 1. The van der Waals surface area contributed by atoms with Crippen molar-refractivity contribution in [2.45, 2.75) is 31.7 Å². The minimum Gasteiger partial charge on any atom is -0.207 e. The van der Waals surface area contributed by atoms with E-state index in [4.69, 9.17) is 0 Å². The first-order valence-electron chi connectivity index (χ1n) is 5.69. The molecule has 1 aromatic carbocycles. The van der Waals surface area contributed by atoms with Crippen molar-refractivity contribution in [3.05, 3.63) is 40.9 Å². The highest BCUT2D eigenvalue weighted by Crippen LogP contribution is 2.23. The van der Waals surface area contributed by atoms with Crippen molar-refractivity contribution in [3.63, 3.8) is 0 Å². The largest absolute Gasteiger partial charge is 0.243 e. The van der Waals surface area contributed by atoms with Gasteiger partial charge in [0.2, 0.25) is 10.0 Å². The molecule has 0 aromatic heterocycles. The summed E-state index contributed by atoms with van der Waals surface area (Å²) in [4.78, 5) is 0.318. The Morgan fingerprint density at radius 1 is 1.44 bits per heavy atom. The standard InChI is InChI=1S/C13H18BrNO2S/c1-5-8-15(10(2)3)18(16,17)12-6-7-13(14)11(4)9-12/h5-7,9-10H,1,8H2,2-4H3. The molecule has 1 rings (SSSR count). The number of hydrogen-bond donors (Lipinski definition) is 0. The highest BCUT2D eigenvalue weighted by atomic mass is 79.9. The molecule has 0 saturated heterocycles. The quantitative estimate of drug-likeness (QED) is 0.776. The van der Waals surface area contributed by atoms with E-state index in [9.17, 15) is 8.42 Å². The molecule has 0 aliphatic carbocycles. The van der Waals surface area contributed by atoms with Crippen LogP contribution in [0.4, 0.5) is 0 Å². The van der Waals surface area contributed by atoms with Gasteiger partial charge in [-0.2, -0.15) is 4.31 Å². The highest BCUT2D eigenvalue weighted by Gasteiger charge is 2.26. The van der Waals surface area contributed by atoms with Gasteiger partial charge in [0.1, 0.15) is 0 Å². The number of halogens is 1. The molecule has 5 heteroatoms. The van der Waals surface area contributed by atoms with Gasteiger partial charge in [-0.25, -0.2) is 8.42 Å². The lowest BCUT2D eigenvalue weighted by molar-refractivity contribution is 0.383. The minimum absolute atomic E-state index is 0.100. The van der Waals surface area contributed by atoms with E-state index < -0.39 is 10.0 Å². The Labute approximate surface area is 118 Å². The fourth-order valence-electron chi connectivity index (χ4n) is 1.63. The molecule has 0 amide bonds. The lowest BCUT2D eigenvalue weighted by Gasteiger charge is -2.24. The Bertz CT molecular complexity index is 538. The Balaban J connectivity index is 3.26. The molecule has 3 nitrogen and oxygen atoms in total. The number of rotatable bonds is 5. The summed E-state index contributed by atoms with van der Waals surface area (Å²) in [5.41, 5.74) is 0.901. The topological polar surface area (TPSA) is 37.4 Å². The predicted octanol–water partition coefficient (Wildman–Crippen LogP) is 3.34. The Hall–Kier alpha value is -0.650. The molecule has 1 aromatic rings. The molecule has 0 heterocycles. The number of nitrogens with zero attached hydrogens (tertiary/aromatic N) is 1. The van der Waals surface area contributed by atoms with Gasteiger partial charge in [0.05, 0.1) is 4.90 Å². The normalized spacial score (nSPS) is 12.1. The fourth-order valence-corrected chi connectivity index (χ4v) is 3.57. The third kappa shape index (κ3) is 3.22. The summed E-state index contributed by atoms with van der Waals surface area (Å²) >= 11 is 3.37. The number of hydrogen-bond acceptors (Lipinski definition) is 2. The molecule has 0 aliphatic heterocycles. The highest BCUT2D eigenvalue weighted by molar-refractivity contribution is 9.10. The van der Waals surface area contributed by atoms with Crippen LogP contribution in [0.3, 0.4) is 0 Å². The monoisotopic (exact) mass is 331 g/mol. The Kier molecular flexibility index (Phi) is 5.13. The molecular formula is C13H18BrNO2S. The second-order valence-corrected chi connectivity index (χ2v) is 7.11. The molecule has 0 atom stereocenters. The van der Waals surface area contributed by atoms with Crippen molar-refractivity contribution < 1.29 is 8.42 Å². The van der Waals surface area contributed by atoms with Crippen LogP contribution in [0.5, 0.6) is 0 Å². The van der Waals surface area contributed by atoms with Crippen LogP contribution >= 0.6 is 15.9 Å². The molecular weight excluding hydrogens is 314 g/mol. The second-order valence-electron chi connectivity index (χ2n) is 4.37. The van der Waals surface area contributed by atoms with Gasteiger partial charge in [-0.15, -0.1) is 6.58 Å². The van der Waals surface area contributed by atoms with Crippen molar-refractivity contribution in [2.75, 3.05) is 6.54 Å². The van der Waals surface area contributed by atoms with Gasteiger partial charge < -0.3 is 0 Å². The van der Waals surface area contributed by atoms with E-state index in [1.807, 2.05) is 20.8 Å². The van der Waals surface area contributed by atoms with Gasteiger partial charge in [0.15, 0.2) is 0 Å².